The lowest BCUT2D eigenvalue weighted by molar-refractivity contribution is -0.275. The van der Waals surface area contributed by atoms with Crippen LogP contribution in [0.15, 0.2) is 35.5 Å². The molecule has 208 valence electrons. The van der Waals surface area contributed by atoms with Crippen LogP contribution in [-0.4, -0.2) is 74.1 Å². The van der Waals surface area contributed by atoms with Gasteiger partial charge in [0.05, 0.1) is 28.8 Å². The number of rotatable bonds is 4. The topological polar surface area (TPSA) is 96.3 Å². The van der Waals surface area contributed by atoms with E-state index in [1.165, 1.54) is 29.0 Å². The van der Waals surface area contributed by atoms with Crippen LogP contribution >= 0.6 is 23.2 Å². The average molecular weight is 608 g/mol. The normalized spacial score (nSPS) is 22.1. The first-order valence-electron chi connectivity index (χ1n) is 11.3. The lowest BCUT2D eigenvalue weighted by atomic mass is 9.81. The highest BCUT2D eigenvalue weighted by molar-refractivity contribution is 7.91. The smallest absolute Gasteiger partial charge is 0.374 e. The van der Waals surface area contributed by atoms with Crippen molar-refractivity contribution in [2.45, 2.75) is 23.7 Å². The molecule has 8 nitrogen and oxygen atoms in total. The summed E-state index contributed by atoms with van der Waals surface area (Å²) >= 11 is 11.5. The number of nitrogens with zero attached hydrogens (tertiary/aromatic N) is 3. The average Bonchev–Trinajstić information content (AvgIpc) is 3.34. The van der Waals surface area contributed by atoms with Gasteiger partial charge in [-0.2, -0.15) is 13.2 Å². The molecule has 3 heterocycles. The second-order valence-corrected chi connectivity index (χ2v) is 12.8. The number of likely N-dealkylation sites (tertiary alicyclic amines) is 1. The fraction of sp³-hybridized carbons (Fsp3) is 0.375. The monoisotopic (exact) mass is 607 g/mol. The van der Waals surface area contributed by atoms with Gasteiger partial charge in [-0.3, -0.25) is 9.59 Å². The number of likely N-dealkylation sites (N-methyl/N-ethyl adjacent to an activating group) is 1. The Morgan fingerprint density at radius 3 is 2.33 bits per heavy atom. The summed E-state index contributed by atoms with van der Waals surface area (Å²) in [6.07, 6.45) is -4.84. The predicted octanol–water partition coefficient (Wildman–Crippen LogP) is 3.88. The van der Waals surface area contributed by atoms with Gasteiger partial charge in [-0.25, -0.2) is 12.8 Å². The molecule has 2 aromatic rings. The van der Waals surface area contributed by atoms with Gasteiger partial charge in [0.15, 0.2) is 15.7 Å². The Kier molecular flexibility index (Phi) is 6.24. The highest BCUT2D eigenvalue weighted by Gasteiger charge is 2.63. The Balaban J connectivity index is 1.44. The van der Waals surface area contributed by atoms with Crippen LogP contribution in [-0.2, 0) is 30.6 Å². The van der Waals surface area contributed by atoms with Crippen LogP contribution in [0.1, 0.15) is 33.5 Å². The van der Waals surface area contributed by atoms with E-state index in [0.717, 1.165) is 18.4 Å². The fourth-order valence-corrected chi connectivity index (χ4v) is 6.29. The summed E-state index contributed by atoms with van der Waals surface area (Å²) < 4.78 is 79.9. The van der Waals surface area contributed by atoms with Gasteiger partial charge in [0.1, 0.15) is 11.3 Å². The lowest BCUT2D eigenvalue weighted by Gasteiger charge is -2.51. The quantitative estimate of drug-likeness (QED) is 0.388. The number of hydrogen-bond acceptors (Lipinski definition) is 6. The molecule has 1 spiro atoms. The summed E-state index contributed by atoms with van der Waals surface area (Å²) in [6.45, 7) is 0.145. The standard InChI is InChI=1S/C24H19Cl2F4N3O5S/c1-32-21(35)14-5-12(3-4-15(14)22(32)10-33(11-22)19(34)9-39(2,36)37)18-8-23(38-31-18,24(28,29)30)13-6-16(25)20(27)17(26)7-13/h3-7H,8-11H2,1-2H3. The summed E-state index contributed by atoms with van der Waals surface area (Å²) in [7, 11) is -2.00. The van der Waals surface area contributed by atoms with Gasteiger partial charge in [0.2, 0.25) is 5.91 Å². The van der Waals surface area contributed by atoms with E-state index in [9.17, 15) is 35.6 Å². The zero-order valence-electron chi connectivity index (χ0n) is 20.3. The zero-order valence-corrected chi connectivity index (χ0v) is 22.6. The summed E-state index contributed by atoms with van der Waals surface area (Å²) in [5.74, 6) is -2.73. The fourth-order valence-electron chi connectivity index (χ4n) is 5.17. The Labute approximate surface area is 230 Å². The van der Waals surface area contributed by atoms with Crippen molar-refractivity contribution in [2.75, 3.05) is 32.1 Å². The number of hydrogen-bond donors (Lipinski definition) is 0. The first-order valence-corrected chi connectivity index (χ1v) is 14.2. The molecule has 5 rings (SSSR count). The number of amides is 2. The van der Waals surface area contributed by atoms with E-state index in [2.05, 4.69) is 5.16 Å². The number of fused-ring (bicyclic) bond motifs is 2. The van der Waals surface area contributed by atoms with Crippen LogP contribution in [0.5, 0.6) is 0 Å². The number of carbonyl (C=O) groups excluding carboxylic acids is 2. The number of oxime groups is 1. The number of benzene rings is 2. The number of alkyl halides is 3. The van der Waals surface area contributed by atoms with Crippen molar-refractivity contribution in [3.63, 3.8) is 0 Å². The molecular formula is C24H19Cl2F4N3O5S. The molecule has 3 aliphatic heterocycles. The number of halogens is 6. The molecule has 0 N–H and O–H groups in total. The van der Waals surface area contributed by atoms with E-state index in [1.54, 1.807) is 6.07 Å². The van der Waals surface area contributed by atoms with Crippen LogP contribution in [0.3, 0.4) is 0 Å². The van der Waals surface area contributed by atoms with Crippen LogP contribution in [0.25, 0.3) is 0 Å². The molecule has 1 saturated heterocycles. The Bertz CT molecular complexity index is 1550. The van der Waals surface area contributed by atoms with Gasteiger partial charge in [-0.05, 0) is 23.8 Å². The molecular weight excluding hydrogens is 589 g/mol. The van der Waals surface area contributed by atoms with Crippen molar-refractivity contribution in [3.8, 4) is 0 Å². The first kappa shape index (κ1) is 27.7. The summed E-state index contributed by atoms with van der Waals surface area (Å²) in [4.78, 5) is 33.1. The molecule has 1 fully saturated rings. The Morgan fingerprint density at radius 2 is 1.77 bits per heavy atom. The minimum absolute atomic E-state index is 0.0727. The molecule has 0 aliphatic carbocycles. The van der Waals surface area contributed by atoms with E-state index >= 15 is 0 Å². The molecule has 1 atom stereocenters. The van der Waals surface area contributed by atoms with Crippen molar-refractivity contribution in [3.05, 3.63) is 68.4 Å². The van der Waals surface area contributed by atoms with E-state index in [-0.39, 0.29) is 29.9 Å². The molecule has 0 radical (unpaired) electrons. The van der Waals surface area contributed by atoms with Crippen LogP contribution in [0.2, 0.25) is 10.0 Å². The number of carbonyl (C=O) groups is 2. The van der Waals surface area contributed by atoms with Gasteiger partial charge in [0, 0.05) is 36.4 Å². The lowest BCUT2D eigenvalue weighted by Crippen LogP contribution is -2.67. The summed E-state index contributed by atoms with van der Waals surface area (Å²) in [5, 5.41) is 2.45. The highest BCUT2D eigenvalue weighted by atomic mass is 35.5. The summed E-state index contributed by atoms with van der Waals surface area (Å²) in [5.41, 5.74) is -3.55. The summed E-state index contributed by atoms with van der Waals surface area (Å²) in [6, 6.07) is 6.04. The van der Waals surface area contributed by atoms with Crippen molar-refractivity contribution >= 4 is 50.6 Å². The van der Waals surface area contributed by atoms with Crippen LogP contribution < -0.4 is 0 Å². The van der Waals surface area contributed by atoms with E-state index in [1.807, 2.05) is 0 Å². The SMILES string of the molecule is CN1C(=O)c2cc(C3=NOC(c4cc(Cl)c(F)c(Cl)c4)(C(F)(F)F)C3)ccc2C12CN(C(=O)CS(C)(=O)=O)C2. The second-order valence-electron chi connectivity index (χ2n) is 9.86. The molecule has 0 saturated carbocycles. The maximum absolute atomic E-state index is 14.3. The molecule has 0 bridgehead atoms. The minimum atomic E-state index is -4.99. The van der Waals surface area contributed by atoms with Gasteiger partial charge in [-0.15, -0.1) is 0 Å². The maximum atomic E-state index is 14.3. The van der Waals surface area contributed by atoms with Crippen LogP contribution in [0.4, 0.5) is 17.6 Å². The van der Waals surface area contributed by atoms with Crippen molar-refractivity contribution in [1.82, 2.24) is 9.80 Å². The van der Waals surface area contributed by atoms with Gasteiger partial charge in [-0.1, -0.05) is 40.5 Å². The van der Waals surface area contributed by atoms with E-state index < -0.39 is 72.6 Å². The predicted molar refractivity (Wildman–Crippen MR) is 133 cm³/mol. The Morgan fingerprint density at radius 1 is 1.15 bits per heavy atom. The molecule has 1 unspecified atom stereocenters. The molecule has 15 heteroatoms. The van der Waals surface area contributed by atoms with Crippen molar-refractivity contribution < 1.29 is 40.4 Å². The van der Waals surface area contributed by atoms with E-state index in [4.69, 9.17) is 28.0 Å². The van der Waals surface area contributed by atoms with Gasteiger partial charge >= 0.3 is 6.18 Å². The van der Waals surface area contributed by atoms with E-state index in [0.29, 0.717) is 5.56 Å². The third-order valence-electron chi connectivity index (χ3n) is 7.31. The Hall–Kier alpha value is -2.90. The first-order chi connectivity index (χ1) is 18.0. The van der Waals surface area contributed by atoms with Crippen molar-refractivity contribution in [2.24, 2.45) is 5.16 Å². The molecule has 39 heavy (non-hydrogen) atoms. The van der Waals surface area contributed by atoms with Gasteiger partial charge in [0.25, 0.3) is 11.5 Å². The molecule has 2 aromatic carbocycles. The van der Waals surface area contributed by atoms with Crippen molar-refractivity contribution in [1.29, 1.82) is 0 Å². The van der Waals surface area contributed by atoms with Gasteiger partial charge < -0.3 is 14.6 Å². The molecule has 2 amide bonds. The van der Waals surface area contributed by atoms with Crippen LogP contribution in [0, 0.1) is 5.82 Å². The third-order valence-corrected chi connectivity index (χ3v) is 8.63. The molecule has 0 aromatic heterocycles. The largest absolute Gasteiger partial charge is 0.435 e. The maximum Gasteiger partial charge on any atom is 0.435 e. The second kappa shape index (κ2) is 8.80. The number of sulfone groups is 1. The zero-order chi connectivity index (χ0) is 28.7. The molecule has 3 aliphatic rings. The third kappa shape index (κ3) is 4.25. The highest BCUT2D eigenvalue weighted by Crippen LogP contribution is 2.51. The minimum Gasteiger partial charge on any atom is -0.374 e.